The molecule has 0 saturated carbocycles. The maximum atomic E-state index is 7.02. The number of furan rings is 3. The SMILES string of the molecule is Cc1ccccc1-c1cc2c(c3c1oc1ccccc13)-c1ccc(N(c3ccc4c(c3)C(C)(C)c3c5c(c6oc7ccccc7c6c3-4)-c3ccccc3C5(C)C)c3ccc4c(c3)oc3ccccc34)cc1C2(C)C. The van der Waals surface area contributed by atoms with E-state index in [-0.39, 0.29) is 16.2 Å². The molecule has 3 heterocycles. The number of benzene rings is 10. The lowest BCUT2D eigenvalue weighted by atomic mass is 9.72. The van der Waals surface area contributed by atoms with Crippen LogP contribution in [0.5, 0.6) is 0 Å². The summed E-state index contributed by atoms with van der Waals surface area (Å²) < 4.78 is 20.6. The normalized spacial score (nSPS) is 15.3. The Morgan fingerprint density at radius 3 is 1.51 bits per heavy atom. The maximum absolute atomic E-state index is 7.02. The van der Waals surface area contributed by atoms with Gasteiger partial charge in [-0.15, -0.1) is 0 Å². The fraction of sp³-hybridized carbons (Fsp3) is 0.143. The molecular weight excluding hydrogens is 903 g/mol. The monoisotopic (exact) mass is 953 g/mol. The molecule has 74 heavy (non-hydrogen) atoms. The van der Waals surface area contributed by atoms with Crippen molar-refractivity contribution in [1.82, 2.24) is 0 Å². The van der Waals surface area contributed by atoms with Crippen molar-refractivity contribution < 1.29 is 13.3 Å². The lowest BCUT2D eigenvalue weighted by molar-refractivity contribution is 0.600. The van der Waals surface area contributed by atoms with Crippen LogP contribution in [0, 0.1) is 6.92 Å². The summed E-state index contributed by atoms with van der Waals surface area (Å²) in [7, 11) is 0. The van der Waals surface area contributed by atoms with E-state index in [1.807, 2.05) is 6.07 Å². The fourth-order valence-electron chi connectivity index (χ4n) is 14.3. The number of hydrogen-bond donors (Lipinski definition) is 0. The van der Waals surface area contributed by atoms with Crippen molar-refractivity contribution in [3.05, 3.63) is 221 Å². The number of hydrogen-bond acceptors (Lipinski definition) is 4. The first-order valence-corrected chi connectivity index (χ1v) is 26.1. The van der Waals surface area contributed by atoms with Gasteiger partial charge in [0, 0.05) is 82.8 Å². The predicted octanol–water partition coefficient (Wildman–Crippen LogP) is 19.7. The first-order chi connectivity index (χ1) is 35.9. The number of para-hydroxylation sites is 3. The minimum atomic E-state index is -0.361. The third kappa shape index (κ3) is 5.22. The molecule has 0 unspecified atom stereocenters. The lowest BCUT2D eigenvalue weighted by Gasteiger charge is -2.32. The van der Waals surface area contributed by atoms with Crippen LogP contribution in [0.1, 0.15) is 80.5 Å². The van der Waals surface area contributed by atoms with Gasteiger partial charge in [-0.25, -0.2) is 0 Å². The van der Waals surface area contributed by atoms with Gasteiger partial charge in [-0.3, -0.25) is 0 Å². The summed E-state index contributed by atoms with van der Waals surface area (Å²) >= 11 is 0. The molecule has 4 heteroatoms. The van der Waals surface area contributed by atoms with E-state index in [9.17, 15) is 0 Å². The maximum Gasteiger partial charge on any atom is 0.144 e. The molecule has 3 aromatic heterocycles. The minimum Gasteiger partial charge on any atom is -0.456 e. The van der Waals surface area contributed by atoms with Gasteiger partial charge in [0.2, 0.25) is 0 Å². The summed E-state index contributed by atoms with van der Waals surface area (Å²) in [4.78, 5) is 2.46. The van der Waals surface area contributed by atoms with E-state index in [0.717, 1.165) is 77.7 Å². The van der Waals surface area contributed by atoms with E-state index in [0.29, 0.717) is 0 Å². The molecule has 0 amide bonds. The van der Waals surface area contributed by atoms with Crippen LogP contribution >= 0.6 is 0 Å². The molecule has 4 nitrogen and oxygen atoms in total. The van der Waals surface area contributed by atoms with E-state index in [4.69, 9.17) is 13.3 Å². The van der Waals surface area contributed by atoms with E-state index in [1.165, 1.54) is 88.7 Å². The van der Waals surface area contributed by atoms with Crippen molar-refractivity contribution in [2.75, 3.05) is 4.90 Å². The zero-order valence-corrected chi connectivity index (χ0v) is 42.5. The quantitative estimate of drug-likeness (QED) is 0.176. The average Bonchev–Trinajstić information content (AvgIpc) is 4.24. The van der Waals surface area contributed by atoms with Gasteiger partial charge in [0.25, 0.3) is 0 Å². The van der Waals surface area contributed by atoms with E-state index >= 15 is 0 Å². The Labute approximate surface area is 429 Å². The summed E-state index contributed by atoms with van der Waals surface area (Å²) in [5, 5.41) is 6.91. The van der Waals surface area contributed by atoms with E-state index in [1.54, 1.807) is 0 Å². The van der Waals surface area contributed by atoms with Crippen molar-refractivity contribution >= 4 is 82.9 Å². The molecule has 0 spiro atoms. The number of anilines is 3. The topological polar surface area (TPSA) is 42.7 Å². The van der Waals surface area contributed by atoms with Crippen LogP contribution in [0.25, 0.3) is 110 Å². The highest BCUT2D eigenvalue weighted by Gasteiger charge is 2.49. The van der Waals surface area contributed by atoms with Crippen molar-refractivity contribution in [1.29, 1.82) is 0 Å². The van der Waals surface area contributed by atoms with Gasteiger partial charge in [0.05, 0.1) is 0 Å². The Morgan fingerprint density at radius 2 is 0.811 bits per heavy atom. The molecule has 0 radical (unpaired) electrons. The molecule has 10 aromatic carbocycles. The van der Waals surface area contributed by atoms with Gasteiger partial charge < -0.3 is 18.2 Å². The van der Waals surface area contributed by atoms with Crippen molar-refractivity contribution in [3.63, 3.8) is 0 Å². The second kappa shape index (κ2) is 14.1. The molecular formula is C70H51NO3. The highest BCUT2D eigenvalue weighted by Crippen LogP contribution is 2.64. The summed E-state index contributed by atoms with van der Waals surface area (Å²) in [6, 6.07) is 66.7. The molecule has 0 fully saturated rings. The summed E-state index contributed by atoms with van der Waals surface area (Å²) in [5.74, 6) is 0. The summed E-state index contributed by atoms with van der Waals surface area (Å²) in [6.07, 6.45) is 0. The van der Waals surface area contributed by atoms with Gasteiger partial charge in [0.15, 0.2) is 0 Å². The van der Waals surface area contributed by atoms with Crippen LogP contribution in [-0.2, 0) is 16.2 Å². The van der Waals surface area contributed by atoms with Crippen LogP contribution in [-0.4, -0.2) is 0 Å². The molecule has 0 aliphatic heterocycles. The third-order valence-corrected chi connectivity index (χ3v) is 17.7. The van der Waals surface area contributed by atoms with Crippen LogP contribution in [0.3, 0.4) is 0 Å². The molecule has 0 N–H and O–H groups in total. The highest BCUT2D eigenvalue weighted by molar-refractivity contribution is 6.22. The predicted molar refractivity (Wildman–Crippen MR) is 306 cm³/mol. The highest BCUT2D eigenvalue weighted by atomic mass is 16.3. The average molecular weight is 954 g/mol. The number of aryl methyl sites for hydroxylation is 1. The second-order valence-electron chi connectivity index (χ2n) is 22.8. The molecule has 0 atom stereocenters. The van der Waals surface area contributed by atoms with Gasteiger partial charge in [-0.1, -0.05) is 157 Å². The van der Waals surface area contributed by atoms with Crippen molar-refractivity contribution in [2.24, 2.45) is 0 Å². The molecule has 3 aliphatic carbocycles. The molecule has 3 aliphatic rings. The first-order valence-electron chi connectivity index (χ1n) is 26.1. The molecule has 0 bridgehead atoms. The molecule has 16 rings (SSSR count). The fourth-order valence-corrected chi connectivity index (χ4v) is 14.3. The van der Waals surface area contributed by atoms with Gasteiger partial charge in [-0.05, 0) is 140 Å². The van der Waals surface area contributed by atoms with Gasteiger partial charge in [0.1, 0.15) is 33.5 Å². The summed E-state index contributed by atoms with van der Waals surface area (Å²) in [5.41, 5.74) is 26.9. The Morgan fingerprint density at radius 1 is 0.324 bits per heavy atom. The zero-order chi connectivity index (χ0) is 49.7. The van der Waals surface area contributed by atoms with Crippen LogP contribution in [0.2, 0.25) is 0 Å². The number of fused-ring (bicyclic) bond motifs is 22. The largest absolute Gasteiger partial charge is 0.456 e. The van der Waals surface area contributed by atoms with Crippen LogP contribution < -0.4 is 4.90 Å². The number of nitrogens with zero attached hydrogens (tertiary/aromatic N) is 1. The molecule has 13 aromatic rings. The third-order valence-electron chi connectivity index (χ3n) is 17.7. The van der Waals surface area contributed by atoms with Crippen molar-refractivity contribution in [2.45, 2.75) is 64.7 Å². The Balaban J connectivity index is 0.937. The summed E-state index contributed by atoms with van der Waals surface area (Å²) in [6.45, 7) is 16.7. The van der Waals surface area contributed by atoms with Gasteiger partial charge in [-0.2, -0.15) is 0 Å². The molecule has 0 saturated heterocycles. The Kier molecular flexibility index (Phi) is 8.01. The van der Waals surface area contributed by atoms with Crippen molar-refractivity contribution in [3.8, 4) is 44.5 Å². The Bertz CT molecular complexity index is 4660. The molecule has 354 valence electrons. The standard InChI is InChI=1S/C70H51NO3/c1-38-18-8-9-19-42(38)50-37-54-59(61-48-22-12-16-26-56(48)73-66(50)61)46-32-29-39(34-52(46)68(54,2)3)71(41-28-31-44-43-20-11-15-25-55(43)72-58(44)36-41)40-30-33-47-53(35-40)70(6,7)64-60(47)62-49-23-13-17-27-57(49)74-67(62)63-45-21-10-14-24-51(45)69(4,5)65(63)64/h8-37H,1-7H3. The van der Waals surface area contributed by atoms with E-state index in [2.05, 4.69) is 229 Å². The number of rotatable bonds is 4. The smallest absolute Gasteiger partial charge is 0.144 e. The first kappa shape index (κ1) is 42.0. The zero-order valence-electron chi connectivity index (χ0n) is 42.5. The van der Waals surface area contributed by atoms with Crippen LogP contribution in [0.15, 0.2) is 195 Å². The lowest BCUT2D eigenvalue weighted by Crippen LogP contribution is -2.24. The minimum absolute atomic E-state index is 0.247. The van der Waals surface area contributed by atoms with Gasteiger partial charge >= 0.3 is 0 Å². The van der Waals surface area contributed by atoms with E-state index < -0.39 is 0 Å². The van der Waals surface area contributed by atoms with Crippen LogP contribution in [0.4, 0.5) is 17.1 Å². The second-order valence-corrected chi connectivity index (χ2v) is 22.8. The Hall–Kier alpha value is -8.60.